The molecule has 24 heavy (non-hydrogen) atoms. The molecular formula is C14H17FN6O3. The quantitative estimate of drug-likeness (QED) is 0.305. The van der Waals surface area contributed by atoms with Gasteiger partial charge in [0.25, 0.3) is 0 Å². The van der Waals surface area contributed by atoms with Crippen molar-refractivity contribution in [3.63, 3.8) is 0 Å². The molecule has 2 rings (SSSR count). The Morgan fingerprint density at radius 2 is 2.33 bits per heavy atom. The Labute approximate surface area is 137 Å². The number of nitrogens with two attached hydrogens (primary N) is 1. The summed E-state index contributed by atoms with van der Waals surface area (Å²) >= 11 is 0. The Balaban J connectivity index is 2.15. The fourth-order valence-electron chi connectivity index (χ4n) is 2.19. The average Bonchev–Trinajstić information content (AvgIpc) is 2.92. The zero-order valence-corrected chi connectivity index (χ0v) is 13.0. The third kappa shape index (κ3) is 3.77. The van der Waals surface area contributed by atoms with Gasteiger partial charge in [0, 0.05) is 13.6 Å². The third-order valence-corrected chi connectivity index (χ3v) is 3.29. The second kappa shape index (κ2) is 7.40. The summed E-state index contributed by atoms with van der Waals surface area (Å²) in [5.74, 6) is 4.30. The van der Waals surface area contributed by atoms with Gasteiger partial charge >= 0.3 is 6.09 Å². The first kappa shape index (κ1) is 17.2. The molecule has 128 valence electrons. The lowest BCUT2D eigenvalue weighted by atomic mass is 10.1. The summed E-state index contributed by atoms with van der Waals surface area (Å²) in [5, 5.41) is 9.34. The molecule has 1 aromatic rings. The molecule has 1 atom stereocenters. The Morgan fingerprint density at radius 3 is 2.92 bits per heavy atom. The van der Waals surface area contributed by atoms with Gasteiger partial charge in [-0.3, -0.25) is 15.1 Å². The van der Waals surface area contributed by atoms with Gasteiger partial charge in [-0.05, 0) is 18.2 Å². The molecular weight excluding hydrogens is 319 g/mol. The highest BCUT2D eigenvalue weighted by Crippen LogP contribution is 2.24. The smallest absolute Gasteiger partial charge is 0.414 e. The van der Waals surface area contributed by atoms with Crippen LogP contribution in [-0.4, -0.2) is 43.7 Å². The van der Waals surface area contributed by atoms with Crippen LogP contribution in [-0.2, 0) is 9.53 Å². The van der Waals surface area contributed by atoms with Crippen LogP contribution in [0.4, 0.5) is 14.9 Å². The molecule has 10 heteroatoms. The van der Waals surface area contributed by atoms with E-state index in [-0.39, 0.29) is 30.4 Å². The van der Waals surface area contributed by atoms with Crippen LogP contribution in [0, 0.1) is 5.82 Å². The fraction of sp³-hybridized carbons (Fsp3) is 0.286. The van der Waals surface area contributed by atoms with Crippen LogP contribution in [0.5, 0.6) is 0 Å². The molecule has 0 saturated carbocycles. The fourth-order valence-corrected chi connectivity index (χ4v) is 2.19. The number of amidine groups is 1. The largest absolute Gasteiger partial charge is 0.442 e. The van der Waals surface area contributed by atoms with Crippen molar-refractivity contribution in [2.75, 3.05) is 18.0 Å². The standard InChI is InChI=1S/C14H17FN6O3/c1-8(22)18-6-10-7-21(14(23)24-10)9-3-4-11(12(15)5-9)13(19-16)20-17-2/h3-5,10H,2,6-7,16H2,1H3,(H,18,22)(H,19,20)/t10-/m0/s1. The first-order valence-electron chi connectivity index (χ1n) is 6.98. The van der Waals surface area contributed by atoms with E-state index in [9.17, 15) is 14.0 Å². The summed E-state index contributed by atoms with van der Waals surface area (Å²) in [6.45, 7) is 4.97. The van der Waals surface area contributed by atoms with E-state index in [1.807, 2.05) is 0 Å². The maximum Gasteiger partial charge on any atom is 0.414 e. The molecule has 0 bridgehead atoms. The summed E-state index contributed by atoms with van der Waals surface area (Å²) in [6, 6.07) is 4.09. The Bertz CT molecular complexity index is 693. The first-order chi connectivity index (χ1) is 11.5. The zero-order valence-electron chi connectivity index (χ0n) is 13.0. The minimum absolute atomic E-state index is 0.00147. The Kier molecular flexibility index (Phi) is 5.30. The van der Waals surface area contributed by atoms with Gasteiger partial charge in [-0.25, -0.2) is 9.18 Å². The number of carbonyl (C=O) groups is 2. The minimum Gasteiger partial charge on any atom is -0.442 e. The Hall–Kier alpha value is -3.17. The Morgan fingerprint density at radius 1 is 1.58 bits per heavy atom. The van der Waals surface area contributed by atoms with Gasteiger partial charge in [0.05, 0.1) is 24.3 Å². The van der Waals surface area contributed by atoms with Gasteiger partial charge in [-0.15, -0.1) is 0 Å². The first-order valence-corrected chi connectivity index (χ1v) is 6.98. The number of hydrogen-bond acceptors (Lipinski definition) is 6. The van der Waals surface area contributed by atoms with E-state index in [4.69, 9.17) is 10.6 Å². The molecule has 1 aromatic carbocycles. The van der Waals surface area contributed by atoms with E-state index in [2.05, 4.69) is 27.7 Å². The van der Waals surface area contributed by atoms with Crippen LogP contribution in [0.2, 0.25) is 0 Å². The summed E-state index contributed by atoms with van der Waals surface area (Å²) in [7, 11) is 0. The predicted octanol–water partition coefficient (Wildman–Crippen LogP) is 0.112. The minimum atomic E-state index is -0.647. The van der Waals surface area contributed by atoms with Crippen molar-refractivity contribution in [1.82, 2.24) is 10.7 Å². The van der Waals surface area contributed by atoms with Crippen molar-refractivity contribution in [1.29, 1.82) is 0 Å². The number of anilines is 1. The van der Waals surface area contributed by atoms with Gasteiger partial charge in [0.2, 0.25) is 5.91 Å². The molecule has 0 aliphatic carbocycles. The molecule has 0 unspecified atom stereocenters. The highest BCUT2D eigenvalue weighted by Gasteiger charge is 2.32. The van der Waals surface area contributed by atoms with Gasteiger partial charge in [-0.2, -0.15) is 10.2 Å². The van der Waals surface area contributed by atoms with E-state index in [0.717, 1.165) is 6.07 Å². The van der Waals surface area contributed by atoms with Crippen LogP contribution < -0.4 is 21.5 Å². The predicted molar refractivity (Wildman–Crippen MR) is 86.1 cm³/mol. The molecule has 1 fully saturated rings. The number of rotatable bonds is 5. The lowest BCUT2D eigenvalue weighted by molar-refractivity contribution is -0.119. The zero-order chi connectivity index (χ0) is 17.7. The molecule has 1 saturated heterocycles. The van der Waals surface area contributed by atoms with Gasteiger partial charge < -0.3 is 15.9 Å². The van der Waals surface area contributed by atoms with Gasteiger partial charge in [0.1, 0.15) is 11.9 Å². The molecule has 9 nitrogen and oxygen atoms in total. The van der Waals surface area contributed by atoms with Crippen molar-refractivity contribution in [3.05, 3.63) is 29.6 Å². The highest BCUT2D eigenvalue weighted by molar-refractivity contribution is 5.99. The van der Waals surface area contributed by atoms with Crippen molar-refractivity contribution in [3.8, 4) is 0 Å². The maximum absolute atomic E-state index is 14.3. The molecule has 0 spiro atoms. The number of carbonyl (C=O) groups excluding carboxylic acids is 2. The number of halogens is 1. The molecule has 1 aliphatic rings. The van der Waals surface area contributed by atoms with E-state index in [0.29, 0.717) is 5.69 Å². The SMILES string of the molecule is C=NNC(=NN)c1ccc(N2C[C@H](CNC(C)=O)OC2=O)cc1F. The van der Waals surface area contributed by atoms with E-state index >= 15 is 0 Å². The lowest BCUT2D eigenvalue weighted by Crippen LogP contribution is -2.33. The summed E-state index contributed by atoms with van der Waals surface area (Å²) < 4.78 is 19.4. The lowest BCUT2D eigenvalue weighted by Gasteiger charge is -2.14. The molecule has 1 aliphatic heterocycles. The normalized spacial score (nSPS) is 17.4. The van der Waals surface area contributed by atoms with Gasteiger partial charge in [0.15, 0.2) is 5.84 Å². The number of benzene rings is 1. The maximum atomic E-state index is 14.3. The molecule has 0 aromatic heterocycles. The highest BCUT2D eigenvalue weighted by atomic mass is 19.1. The van der Waals surface area contributed by atoms with Crippen LogP contribution in [0.3, 0.4) is 0 Å². The third-order valence-electron chi connectivity index (χ3n) is 3.29. The molecule has 2 amide bonds. The molecule has 1 heterocycles. The van der Waals surface area contributed by atoms with Crippen molar-refractivity contribution < 1.29 is 18.7 Å². The number of cyclic esters (lactones) is 1. The second-order valence-electron chi connectivity index (χ2n) is 4.97. The topological polar surface area (TPSA) is 121 Å². The van der Waals surface area contributed by atoms with Crippen molar-refractivity contribution in [2.24, 2.45) is 16.0 Å². The number of amides is 2. The summed E-state index contributed by atoms with van der Waals surface area (Å²) in [6.07, 6.45) is -1.12. The number of hydrazone groups is 2. The number of nitrogens with one attached hydrogen (secondary N) is 2. The molecule has 4 N–H and O–H groups in total. The van der Waals surface area contributed by atoms with Crippen LogP contribution in [0.25, 0.3) is 0 Å². The van der Waals surface area contributed by atoms with E-state index in [1.165, 1.54) is 24.0 Å². The number of hydrogen-bond donors (Lipinski definition) is 3. The van der Waals surface area contributed by atoms with Crippen LogP contribution in [0.15, 0.2) is 28.4 Å². The number of nitrogens with zero attached hydrogens (tertiary/aromatic N) is 3. The van der Waals surface area contributed by atoms with Crippen molar-refractivity contribution in [2.45, 2.75) is 13.0 Å². The van der Waals surface area contributed by atoms with Crippen molar-refractivity contribution >= 4 is 30.2 Å². The second-order valence-corrected chi connectivity index (χ2v) is 4.97. The van der Waals surface area contributed by atoms with Gasteiger partial charge in [-0.1, -0.05) is 0 Å². The summed E-state index contributed by atoms with van der Waals surface area (Å²) in [4.78, 5) is 24.1. The average molecular weight is 336 g/mol. The number of ether oxygens (including phenoxy) is 1. The monoisotopic (exact) mass is 336 g/mol. The molecule has 0 radical (unpaired) electrons. The van der Waals surface area contributed by atoms with Crippen LogP contribution >= 0.6 is 0 Å². The van der Waals surface area contributed by atoms with E-state index < -0.39 is 18.0 Å². The van der Waals surface area contributed by atoms with E-state index in [1.54, 1.807) is 0 Å². The van der Waals surface area contributed by atoms with Crippen LogP contribution in [0.1, 0.15) is 12.5 Å². The summed E-state index contributed by atoms with van der Waals surface area (Å²) in [5.41, 5.74) is 2.77.